The Morgan fingerprint density at radius 3 is 2.22 bits per heavy atom. The molecule has 0 aromatic heterocycles. The molecule has 0 atom stereocenters. The third kappa shape index (κ3) is 4.90. The van der Waals surface area contributed by atoms with Gasteiger partial charge in [0.25, 0.3) is 0 Å². The molecule has 0 radical (unpaired) electrons. The van der Waals surface area contributed by atoms with Gasteiger partial charge in [0.05, 0.1) is 4.90 Å². The second-order valence-corrected chi connectivity index (χ2v) is 11.7. The van der Waals surface area contributed by atoms with E-state index in [2.05, 4.69) is 31.1 Å². The van der Waals surface area contributed by atoms with E-state index >= 15 is 0 Å². The van der Waals surface area contributed by atoms with E-state index < -0.39 is 17.9 Å². The van der Waals surface area contributed by atoms with Gasteiger partial charge in [-0.05, 0) is 19.1 Å². The van der Waals surface area contributed by atoms with Gasteiger partial charge in [0, 0.05) is 11.0 Å². The fourth-order valence-corrected chi connectivity index (χ4v) is 3.00. The lowest BCUT2D eigenvalue weighted by Crippen LogP contribution is -2.16. The SMILES string of the molecule is CC(C#C[Si](C)(C)C)=CS(=O)(=O)c1ccccc1. The predicted molar refractivity (Wildman–Crippen MR) is 78.5 cm³/mol. The van der Waals surface area contributed by atoms with Gasteiger partial charge < -0.3 is 0 Å². The van der Waals surface area contributed by atoms with Gasteiger partial charge in [-0.3, -0.25) is 0 Å². The van der Waals surface area contributed by atoms with Crippen molar-refractivity contribution in [2.24, 2.45) is 0 Å². The smallest absolute Gasteiger partial charge is 0.200 e. The van der Waals surface area contributed by atoms with Crippen molar-refractivity contribution in [2.45, 2.75) is 31.5 Å². The number of sulfone groups is 1. The highest BCUT2D eigenvalue weighted by Crippen LogP contribution is 2.13. The van der Waals surface area contributed by atoms with Crippen LogP contribution in [0.1, 0.15) is 6.92 Å². The Bertz CT molecular complexity index is 597. The zero-order chi connectivity index (χ0) is 13.8. The van der Waals surface area contributed by atoms with Crippen LogP contribution in [0.5, 0.6) is 0 Å². The third-order valence-electron chi connectivity index (χ3n) is 2.04. The molecule has 0 N–H and O–H groups in total. The van der Waals surface area contributed by atoms with Crippen molar-refractivity contribution in [3.8, 4) is 11.5 Å². The molecule has 0 saturated heterocycles. The average molecular weight is 278 g/mol. The highest BCUT2D eigenvalue weighted by molar-refractivity contribution is 7.94. The van der Waals surface area contributed by atoms with Gasteiger partial charge in [-0.1, -0.05) is 43.8 Å². The normalized spacial score (nSPS) is 12.8. The molecule has 0 aliphatic rings. The lowest BCUT2D eigenvalue weighted by atomic mass is 10.4. The molecule has 0 unspecified atom stereocenters. The standard InChI is InChI=1S/C14H18O2SSi/c1-13(10-11-18(2,3)4)12-17(15,16)14-8-6-5-7-9-14/h5-9,12H,1-4H3. The van der Waals surface area contributed by atoms with E-state index in [1.54, 1.807) is 37.3 Å². The van der Waals surface area contributed by atoms with Crippen molar-refractivity contribution in [3.05, 3.63) is 41.3 Å². The van der Waals surface area contributed by atoms with Crippen LogP contribution in [0.2, 0.25) is 19.6 Å². The first-order valence-corrected chi connectivity index (χ1v) is 10.8. The molecule has 18 heavy (non-hydrogen) atoms. The number of hydrogen-bond acceptors (Lipinski definition) is 2. The molecule has 0 aliphatic heterocycles. The quantitative estimate of drug-likeness (QED) is 0.615. The molecule has 1 aromatic rings. The van der Waals surface area contributed by atoms with E-state index in [1.165, 1.54) is 5.41 Å². The maximum absolute atomic E-state index is 12.0. The largest absolute Gasteiger partial charge is 0.219 e. The molecule has 0 heterocycles. The van der Waals surface area contributed by atoms with Crippen LogP contribution in [0.3, 0.4) is 0 Å². The Balaban J connectivity index is 3.06. The third-order valence-corrected chi connectivity index (χ3v) is 4.51. The molecule has 1 rings (SSSR count). The summed E-state index contributed by atoms with van der Waals surface area (Å²) in [6.45, 7) is 8.10. The molecule has 0 saturated carbocycles. The summed E-state index contributed by atoms with van der Waals surface area (Å²) in [5.41, 5.74) is 3.74. The van der Waals surface area contributed by atoms with Gasteiger partial charge >= 0.3 is 0 Å². The fourth-order valence-electron chi connectivity index (χ4n) is 1.23. The average Bonchev–Trinajstić information content (AvgIpc) is 2.26. The monoisotopic (exact) mass is 278 g/mol. The lowest BCUT2D eigenvalue weighted by molar-refractivity contribution is 0.604. The Morgan fingerprint density at radius 2 is 1.72 bits per heavy atom. The first kappa shape index (κ1) is 14.7. The molecule has 0 spiro atoms. The van der Waals surface area contributed by atoms with Crippen LogP contribution in [0.4, 0.5) is 0 Å². The maximum Gasteiger partial charge on any atom is 0.200 e. The maximum atomic E-state index is 12.0. The number of allylic oxidation sites excluding steroid dienone is 1. The van der Waals surface area contributed by atoms with E-state index in [1.807, 2.05) is 0 Å². The van der Waals surface area contributed by atoms with Crippen LogP contribution in [0, 0.1) is 11.5 Å². The second-order valence-electron chi connectivity index (χ2n) is 5.16. The predicted octanol–water partition coefficient (Wildman–Crippen LogP) is 3.24. The molecular formula is C14H18O2SSi. The topological polar surface area (TPSA) is 34.1 Å². The minimum atomic E-state index is -3.38. The summed E-state index contributed by atoms with van der Waals surface area (Å²) in [5, 5.41) is 1.25. The van der Waals surface area contributed by atoms with Crippen molar-refractivity contribution < 1.29 is 8.42 Å². The first-order valence-electron chi connectivity index (χ1n) is 5.72. The van der Waals surface area contributed by atoms with Gasteiger partial charge in [0.15, 0.2) is 0 Å². The summed E-state index contributed by atoms with van der Waals surface area (Å²) < 4.78 is 24.1. The molecule has 0 bridgehead atoms. The fraction of sp³-hybridized carbons (Fsp3) is 0.286. The van der Waals surface area contributed by atoms with E-state index in [4.69, 9.17) is 0 Å². The summed E-state index contributed by atoms with van der Waals surface area (Å²) >= 11 is 0. The Labute approximate surface area is 111 Å². The summed E-state index contributed by atoms with van der Waals surface area (Å²) in [6.07, 6.45) is 0. The molecule has 96 valence electrons. The van der Waals surface area contributed by atoms with Crippen molar-refractivity contribution >= 4 is 17.9 Å². The van der Waals surface area contributed by atoms with E-state index in [0.717, 1.165) is 0 Å². The Hall–Kier alpha value is -1.31. The highest BCUT2D eigenvalue weighted by Gasteiger charge is 2.11. The first-order chi connectivity index (χ1) is 8.21. The summed E-state index contributed by atoms with van der Waals surface area (Å²) in [4.78, 5) is 0.305. The van der Waals surface area contributed by atoms with Gasteiger partial charge in [-0.15, -0.1) is 5.54 Å². The van der Waals surface area contributed by atoms with Crippen LogP contribution < -0.4 is 0 Å². The Morgan fingerprint density at radius 1 is 1.17 bits per heavy atom. The van der Waals surface area contributed by atoms with Crippen LogP contribution in [0.25, 0.3) is 0 Å². The second kappa shape index (κ2) is 5.55. The molecule has 1 aromatic carbocycles. The number of benzene rings is 1. The number of hydrogen-bond donors (Lipinski definition) is 0. The van der Waals surface area contributed by atoms with E-state index in [0.29, 0.717) is 10.5 Å². The van der Waals surface area contributed by atoms with Crippen molar-refractivity contribution in [1.82, 2.24) is 0 Å². The zero-order valence-corrected chi connectivity index (χ0v) is 13.0. The van der Waals surface area contributed by atoms with Crippen LogP contribution >= 0.6 is 0 Å². The van der Waals surface area contributed by atoms with Gasteiger partial charge in [0.1, 0.15) is 8.07 Å². The Kier molecular flexibility index (Phi) is 4.55. The molecule has 0 amide bonds. The van der Waals surface area contributed by atoms with Crippen LogP contribution in [-0.2, 0) is 9.84 Å². The van der Waals surface area contributed by atoms with Crippen molar-refractivity contribution in [3.63, 3.8) is 0 Å². The lowest BCUT2D eigenvalue weighted by Gasteiger charge is -2.03. The summed E-state index contributed by atoms with van der Waals surface area (Å²) in [6, 6.07) is 8.39. The van der Waals surface area contributed by atoms with Crippen molar-refractivity contribution in [2.75, 3.05) is 0 Å². The highest BCUT2D eigenvalue weighted by atomic mass is 32.2. The molecular weight excluding hydrogens is 260 g/mol. The minimum absolute atomic E-state index is 0.305. The molecule has 2 nitrogen and oxygen atoms in total. The summed E-state index contributed by atoms with van der Waals surface area (Å²) in [7, 11) is -4.85. The van der Waals surface area contributed by atoms with Crippen LogP contribution in [-0.4, -0.2) is 16.5 Å². The minimum Gasteiger partial charge on any atom is -0.219 e. The molecule has 0 fully saturated rings. The van der Waals surface area contributed by atoms with Gasteiger partial charge in [-0.2, -0.15) is 0 Å². The van der Waals surface area contributed by atoms with Gasteiger partial charge in [-0.25, -0.2) is 8.42 Å². The zero-order valence-electron chi connectivity index (χ0n) is 11.2. The van der Waals surface area contributed by atoms with Crippen molar-refractivity contribution in [1.29, 1.82) is 0 Å². The van der Waals surface area contributed by atoms with E-state index in [-0.39, 0.29) is 0 Å². The summed E-state index contributed by atoms with van der Waals surface area (Å²) in [5.74, 6) is 2.94. The van der Waals surface area contributed by atoms with Crippen LogP contribution in [0.15, 0.2) is 46.2 Å². The number of rotatable bonds is 2. The molecule has 4 heteroatoms. The van der Waals surface area contributed by atoms with Gasteiger partial charge in [0.2, 0.25) is 9.84 Å². The molecule has 0 aliphatic carbocycles. The van der Waals surface area contributed by atoms with E-state index in [9.17, 15) is 8.42 Å².